The second kappa shape index (κ2) is 9.19. The first-order valence-electron chi connectivity index (χ1n) is 9.12. The molecule has 1 aliphatic heterocycles. The SMILES string of the molecule is COc1cccc(NC(=O)CC(=O)N2CCN(Cc3ccccc3)CC2)c1. The summed E-state index contributed by atoms with van der Waals surface area (Å²) in [6.07, 6.45) is -0.143. The fourth-order valence-corrected chi connectivity index (χ4v) is 3.15. The predicted octanol–water partition coefficient (Wildman–Crippen LogP) is 2.37. The summed E-state index contributed by atoms with van der Waals surface area (Å²) >= 11 is 0. The lowest BCUT2D eigenvalue weighted by Crippen LogP contribution is -2.48. The van der Waals surface area contributed by atoms with E-state index in [9.17, 15) is 9.59 Å². The zero-order valence-electron chi connectivity index (χ0n) is 15.6. The van der Waals surface area contributed by atoms with Crippen LogP contribution in [0.2, 0.25) is 0 Å². The monoisotopic (exact) mass is 367 g/mol. The van der Waals surface area contributed by atoms with Crippen LogP contribution in [0.25, 0.3) is 0 Å². The molecule has 2 aromatic rings. The molecule has 142 valence electrons. The maximum Gasteiger partial charge on any atom is 0.233 e. The normalized spacial score (nSPS) is 14.6. The molecule has 1 N–H and O–H groups in total. The Kier molecular flexibility index (Phi) is 6.44. The van der Waals surface area contributed by atoms with E-state index in [1.54, 1.807) is 36.3 Å². The molecule has 3 rings (SSSR count). The minimum Gasteiger partial charge on any atom is -0.497 e. The maximum absolute atomic E-state index is 12.4. The number of hydrogen-bond acceptors (Lipinski definition) is 4. The fraction of sp³-hybridized carbons (Fsp3) is 0.333. The number of methoxy groups -OCH3 is 1. The molecule has 0 aromatic heterocycles. The minimum absolute atomic E-state index is 0.130. The third-order valence-corrected chi connectivity index (χ3v) is 4.64. The molecule has 2 aromatic carbocycles. The van der Waals surface area contributed by atoms with Crippen molar-refractivity contribution in [3.05, 3.63) is 60.2 Å². The van der Waals surface area contributed by atoms with Gasteiger partial charge in [0.15, 0.2) is 0 Å². The van der Waals surface area contributed by atoms with Crippen molar-refractivity contribution < 1.29 is 14.3 Å². The van der Waals surface area contributed by atoms with Crippen LogP contribution in [0, 0.1) is 0 Å². The zero-order valence-corrected chi connectivity index (χ0v) is 15.6. The van der Waals surface area contributed by atoms with E-state index in [4.69, 9.17) is 4.74 Å². The topological polar surface area (TPSA) is 61.9 Å². The number of carbonyl (C=O) groups excluding carboxylic acids is 2. The van der Waals surface area contributed by atoms with E-state index < -0.39 is 0 Å². The van der Waals surface area contributed by atoms with Crippen LogP contribution >= 0.6 is 0 Å². The van der Waals surface area contributed by atoms with Gasteiger partial charge in [0.25, 0.3) is 0 Å². The lowest BCUT2D eigenvalue weighted by Gasteiger charge is -2.34. The van der Waals surface area contributed by atoms with Crippen molar-refractivity contribution in [2.75, 3.05) is 38.6 Å². The van der Waals surface area contributed by atoms with Crippen molar-refractivity contribution in [1.29, 1.82) is 0 Å². The maximum atomic E-state index is 12.4. The molecule has 0 spiro atoms. The number of amides is 2. The Morgan fingerprint density at radius 3 is 2.44 bits per heavy atom. The van der Waals surface area contributed by atoms with E-state index in [-0.39, 0.29) is 18.2 Å². The summed E-state index contributed by atoms with van der Waals surface area (Å²) in [7, 11) is 1.57. The average molecular weight is 367 g/mol. The van der Waals surface area contributed by atoms with Gasteiger partial charge < -0.3 is 15.0 Å². The molecule has 0 radical (unpaired) electrons. The highest BCUT2D eigenvalue weighted by atomic mass is 16.5. The molecule has 0 saturated carbocycles. The van der Waals surface area contributed by atoms with Gasteiger partial charge in [0.2, 0.25) is 11.8 Å². The molecule has 0 unspecified atom stereocenters. The fourth-order valence-electron chi connectivity index (χ4n) is 3.15. The Morgan fingerprint density at radius 2 is 1.74 bits per heavy atom. The van der Waals surface area contributed by atoms with Crippen LogP contribution in [-0.2, 0) is 16.1 Å². The van der Waals surface area contributed by atoms with Gasteiger partial charge in [-0.3, -0.25) is 14.5 Å². The Balaban J connectivity index is 1.44. The van der Waals surface area contributed by atoms with Gasteiger partial charge in [-0.2, -0.15) is 0 Å². The molecular formula is C21H25N3O3. The summed E-state index contributed by atoms with van der Waals surface area (Å²) in [6, 6.07) is 17.4. The molecular weight excluding hydrogens is 342 g/mol. The molecule has 0 aliphatic carbocycles. The van der Waals surface area contributed by atoms with Gasteiger partial charge in [-0.25, -0.2) is 0 Å². The van der Waals surface area contributed by atoms with Crippen molar-refractivity contribution in [3.8, 4) is 5.75 Å². The van der Waals surface area contributed by atoms with E-state index >= 15 is 0 Å². The van der Waals surface area contributed by atoms with Gasteiger partial charge in [-0.15, -0.1) is 0 Å². The number of piperazine rings is 1. The second-order valence-electron chi connectivity index (χ2n) is 6.60. The smallest absolute Gasteiger partial charge is 0.233 e. The van der Waals surface area contributed by atoms with Gasteiger partial charge in [0.1, 0.15) is 12.2 Å². The first-order chi connectivity index (χ1) is 13.1. The minimum atomic E-state index is -0.306. The molecule has 1 saturated heterocycles. The van der Waals surface area contributed by atoms with Crippen molar-refractivity contribution in [2.45, 2.75) is 13.0 Å². The van der Waals surface area contributed by atoms with E-state index in [1.165, 1.54) is 5.56 Å². The second-order valence-corrected chi connectivity index (χ2v) is 6.60. The summed E-state index contributed by atoms with van der Waals surface area (Å²) in [5.74, 6) is 0.225. The standard InChI is InChI=1S/C21H25N3O3/c1-27-19-9-5-8-18(14-19)22-20(25)15-21(26)24-12-10-23(11-13-24)16-17-6-3-2-4-7-17/h2-9,14H,10-13,15-16H2,1H3,(H,22,25). The van der Waals surface area contributed by atoms with E-state index in [0.717, 1.165) is 19.6 Å². The molecule has 1 fully saturated rings. The number of nitrogens with one attached hydrogen (secondary N) is 1. The largest absolute Gasteiger partial charge is 0.497 e. The van der Waals surface area contributed by atoms with E-state index in [0.29, 0.717) is 24.5 Å². The number of hydrogen-bond donors (Lipinski definition) is 1. The van der Waals surface area contributed by atoms with Crippen LogP contribution in [0.3, 0.4) is 0 Å². The molecule has 0 bridgehead atoms. The molecule has 0 atom stereocenters. The Bertz CT molecular complexity index is 771. The average Bonchev–Trinajstić information content (AvgIpc) is 2.69. The number of rotatable bonds is 6. The number of carbonyl (C=O) groups is 2. The molecule has 6 nitrogen and oxygen atoms in total. The quantitative estimate of drug-likeness (QED) is 0.797. The lowest BCUT2D eigenvalue weighted by atomic mass is 10.2. The molecule has 1 heterocycles. The van der Waals surface area contributed by atoms with E-state index in [1.807, 2.05) is 18.2 Å². The van der Waals surface area contributed by atoms with Crippen molar-refractivity contribution in [2.24, 2.45) is 0 Å². The predicted molar refractivity (Wildman–Crippen MR) is 105 cm³/mol. The van der Waals surface area contributed by atoms with Crippen LogP contribution in [-0.4, -0.2) is 54.9 Å². The third kappa shape index (κ3) is 5.56. The molecule has 6 heteroatoms. The molecule has 27 heavy (non-hydrogen) atoms. The highest BCUT2D eigenvalue weighted by Crippen LogP contribution is 2.17. The third-order valence-electron chi connectivity index (χ3n) is 4.64. The van der Waals surface area contributed by atoms with Crippen LogP contribution < -0.4 is 10.1 Å². The number of ether oxygens (including phenoxy) is 1. The first kappa shape index (κ1) is 18.9. The van der Waals surface area contributed by atoms with Crippen molar-refractivity contribution in [3.63, 3.8) is 0 Å². The Hall–Kier alpha value is -2.86. The Morgan fingerprint density at radius 1 is 1.00 bits per heavy atom. The van der Waals surface area contributed by atoms with Gasteiger partial charge in [0, 0.05) is 44.5 Å². The van der Waals surface area contributed by atoms with Crippen LogP contribution in [0.15, 0.2) is 54.6 Å². The number of nitrogens with zero attached hydrogens (tertiary/aromatic N) is 2. The molecule has 1 aliphatic rings. The van der Waals surface area contributed by atoms with E-state index in [2.05, 4.69) is 22.3 Å². The van der Waals surface area contributed by atoms with Gasteiger partial charge in [-0.05, 0) is 17.7 Å². The van der Waals surface area contributed by atoms with Crippen LogP contribution in [0.4, 0.5) is 5.69 Å². The summed E-state index contributed by atoms with van der Waals surface area (Å²) in [4.78, 5) is 28.7. The van der Waals surface area contributed by atoms with Gasteiger partial charge in [-0.1, -0.05) is 36.4 Å². The van der Waals surface area contributed by atoms with Crippen LogP contribution in [0.5, 0.6) is 5.75 Å². The van der Waals surface area contributed by atoms with Gasteiger partial charge >= 0.3 is 0 Å². The zero-order chi connectivity index (χ0) is 19.1. The summed E-state index contributed by atoms with van der Waals surface area (Å²) in [6.45, 7) is 3.83. The van der Waals surface area contributed by atoms with Crippen LogP contribution in [0.1, 0.15) is 12.0 Å². The first-order valence-corrected chi connectivity index (χ1v) is 9.12. The van der Waals surface area contributed by atoms with Gasteiger partial charge in [0.05, 0.1) is 7.11 Å². The number of benzene rings is 2. The highest BCUT2D eigenvalue weighted by molar-refractivity contribution is 6.03. The lowest BCUT2D eigenvalue weighted by molar-refractivity contribution is -0.136. The van der Waals surface area contributed by atoms with Crippen molar-refractivity contribution >= 4 is 17.5 Å². The number of anilines is 1. The summed E-state index contributed by atoms with van der Waals surface area (Å²) < 4.78 is 5.13. The summed E-state index contributed by atoms with van der Waals surface area (Å²) in [5.41, 5.74) is 1.90. The highest BCUT2D eigenvalue weighted by Gasteiger charge is 2.22. The Labute approximate surface area is 159 Å². The van der Waals surface area contributed by atoms with Crippen molar-refractivity contribution in [1.82, 2.24) is 9.80 Å². The molecule has 2 amide bonds. The summed E-state index contributed by atoms with van der Waals surface area (Å²) in [5, 5.41) is 2.75.